The fourth-order valence-electron chi connectivity index (χ4n) is 3.89. The van der Waals surface area contributed by atoms with E-state index in [1.807, 2.05) is 54.6 Å². The Balaban J connectivity index is 1.59. The number of amides is 2. The molecule has 0 bridgehead atoms. The van der Waals surface area contributed by atoms with E-state index >= 15 is 0 Å². The number of imide groups is 1. The van der Waals surface area contributed by atoms with Gasteiger partial charge in [-0.3, -0.25) is 4.79 Å². The molecule has 158 valence electrons. The number of carbonyl (C=O) groups excluding carboxylic acids is 2. The van der Waals surface area contributed by atoms with Crippen LogP contribution in [0.15, 0.2) is 78.9 Å². The minimum absolute atomic E-state index is 0.129. The van der Waals surface area contributed by atoms with Crippen LogP contribution in [-0.2, 0) is 16.0 Å². The van der Waals surface area contributed by atoms with Crippen LogP contribution in [0.5, 0.6) is 0 Å². The molecular weight excluding hydrogens is 433 g/mol. The van der Waals surface area contributed by atoms with Crippen LogP contribution in [0.25, 0.3) is 0 Å². The molecule has 1 atom stereocenters. The molecule has 1 aliphatic heterocycles. The van der Waals surface area contributed by atoms with Gasteiger partial charge in [-0.1, -0.05) is 77.8 Å². The van der Waals surface area contributed by atoms with Crippen LogP contribution >= 0.6 is 23.2 Å². The lowest BCUT2D eigenvalue weighted by atomic mass is 9.88. The Morgan fingerprint density at radius 1 is 0.903 bits per heavy atom. The summed E-state index contributed by atoms with van der Waals surface area (Å²) in [7, 11) is 0. The average molecular weight is 454 g/mol. The molecule has 4 rings (SSSR count). The van der Waals surface area contributed by atoms with Crippen LogP contribution in [0.2, 0.25) is 10.0 Å². The maximum absolute atomic E-state index is 13.3. The maximum atomic E-state index is 13.3. The molecule has 1 saturated heterocycles. The van der Waals surface area contributed by atoms with Crippen molar-refractivity contribution in [1.29, 1.82) is 0 Å². The summed E-state index contributed by atoms with van der Waals surface area (Å²) in [5, 5.41) is 1.24. The quantitative estimate of drug-likeness (QED) is 0.452. The molecule has 3 aromatic rings. The Morgan fingerprint density at radius 2 is 1.45 bits per heavy atom. The van der Waals surface area contributed by atoms with Gasteiger partial charge in [-0.2, -0.15) is 0 Å². The Kier molecular flexibility index (Phi) is 6.59. The molecule has 0 spiro atoms. The van der Waals surface area contributed by atoms with Crippen molar-refractivity contribution in [2.45, 2.75) is 24.8 Å². The second kappa shape index (κ2) is 9.54. The molecule has 0 N–H and O–H groups in total. The number of cyclic esters (lactones) is 1. The van der Waals surface area contributed by atoms with Gasteiger partial charge >= 0.3 is 6.09 Å². The number of ether oxygens (including phenoxy) is 1. The summed E-state index contributed by atoms with van der Waals surface area (Å²) < 4.78 is 5.23. The predicted octanol–water partition coefficient (Wildman–Crippen LogP) is 6.11. The molecule has 6 heteroatoms. The van der Waals surface area contributed by atoms with Crippen LogP contribution in [0.3, 0.4) is 0 Å². The third-order valence-corrected chi connectivity index (χ3v) is 5.97. The fraction of sp³-hybridized carbons (Fsp3) is 0.200. The van der Waals surface area contributed by atoms with E-state index in [0.717, 1.165) is 16.7 Å². The molecular formula is C25H21Cl2NO3. The number of rotatable bonds is 6. The minimum Gasteiger partial charge on any atom is -0.447 e. The van der Waals surface area contributed by atoms with Gasteiger partial charge in [0.25, 0.3) is 0 Å². The molecule has 2 amide bonds. The summed E-state index contributed by atoms with van der Waals surface area (Å²) in [6.45, 7) is 0.200. The lowest BCUT2D eigenvalue weighted by Crippen LogP contribution is -2.40. The van der Waals surface area contributed by atoms with Gasteiger partial charge in [0, 0.05) is 22.4 Å². The van der Waals surface area contributed by atoms with E-state index in [1.54, 1.807) is 24.3 Å². The Bertz CT molecular complexity index is 1010. The Morgan fingerprint density at radius 3 is 2.00 bits per heavy atom. The van der Waals surface area contributed by atoms with Crippen molar-refractivity contribution in [2.75, 3.05) is 6.61 Å². The maximum Gasteiger partial charge on any atom is 0.416 e. The summed E-state index contributed by atoms with van der Waals surface area (Å²) in [5.41, 5.74) is 2.93. The lowest BCUT2D eigenvalue weighted by molar-refractivity contribution is -0.129. The van der Waals surface area contributed by atoms with E-state index in [4.69, 9.17) is 27.9 Å². The van der Waals surface area contributed by atoms with Crippen molar-refractivity contribution < 1.29 is 14.3 Å². The Hall–Kier alpha value is -2.82. The van der Waals surface area contributed by atoms with Gasteiger partial charge in [0.05, 0.1) is 6.04 Å². The van der Waals surface area contributed by atoms with Crippen molar-refractivity contribution in [3.63, 3.8) is 0 Å². The highest BCUT2D eigenvalue weighted by Gasteiger charge is 2.38. The highest BCUT2D eigenvalue weighted by Crippen LogP contribution is 2.32. The molecule has 1 fully saturated rings. The monoisotopic (exact) mass is 453 g/mol. The number of hydrogen-bond acceptors (Lipinski definition) is 3. The second-order valence-electron chi connectivity index (χ2n) is 7.54. The number of carbonyl (C=O) groups is 2. The zero-order chi connectivity index (χ0) is 21.8. The minimum atomic E-state index is -0.586. The van der Waals surface area contributed by atoms with Crippen LogP contribution < -0.4 is 0 Å². The smallest absolute Gasteiger partial charge is 0.416 e. The highest BCUT2D eigenvalue weighted by molar-refractivity contribution is 6.30. The molecule has 0 aliphatic carbocycles. The Labute approximate surface area is 191 Å². The molecule has 4 nitrogen and oxygen atoms in total. The topological polar surface area (TPSA) is 46.6 Å². The molecule has 0 radical (unpaired) electrons. The fourth-order valence-corrected chi connectivity index (χ4v) is 4.15. The number of hydrogen-bond donors (Lipinski definition) is 0. The van der Waals surface area contributed by atoms with Crippen LogP contribution in [0.1, 0.15) is 29.0 Å². The zero-order valence-electron chi connectivity index (χ0n) is 16.7. The van der Waals surface area contributed by atoms with E-state index in [2.05, 4.69) is 0 Å². The molecule has 1 aliphatic rings. The summed E-state index contributed by atoms with van der Waals surface area (Å²) in [4.78, 5) is 27.0. The van der Waals surface area contributed by atoms with Gasteiger partial charge < -0.3 is 4.74 Å². The molecule has 3 aromatic carbocycles. The van der Waals surface area contributed by atoms with E-state index in [0.29, 0.717) is 16.5 Å². The van der Waals surface area contributed by atoms with Gasteiger partial charge in [-0.15, -0.1) is 0 Å². The van der Waals surface area contributed by atoms with E-state index in [9.17, 15) is 9.59 Å². The normalized spacial score (nSPS) is 15.9. The van der Waals surface area contributed by atoms with Gasteiger partial charge in [-0.05, 0) is 47.4 Å². The van der Waals surface area contributed by atoms with E-state index in [1.165, 1.54) is 4.90 Å². The number of nitrogens with zero attached hydrogens (tertiary/aromatic N) is 1. The van der Waals surface area contributed by atoms with Gasteiger partial charge in [0.1, 0.15) is 6.61 Å². The summed E-state index contributed by atoms with van der Waals surface area (Å²) in [5.74, 6) is -0.508. The molecule has 31 heavy (non-hydrogen) atoms. The zero-order valence-corrected chi connectivity index (χ0v) is 18.2. The first-order valence-corrected chi connectivity index (χ1v) is 10.8. The van der Waals surface area contributed by atoms with E-state index in [-0.39, 0.29) is 30.9 Å². The summed E-state index contributed by atoms with van der Waals surface area (Å²) in [6, 6.07) is 24.3. The SMILES string of the molecule is O=C(CC(c1ccc(Cl)cc1)c1ccc(Cl)cc1)N1C(=O)OCC1Cc1ccccc1. The number of halogens is 2. The summed E-state index contributed by atoms with van der Waals surface area (Å²) in [6.07, 6.45) is 0.103. The first kappa shape index (κ1) is 21.4. The average Bonchev–Trinajstić information content (AvgIpc) is 3.14. The second-order valence-corrected chi connectivity index (χ2v) is 8.42. The highest BCUT2D eigenvalue weighted by atomic mass is 35.5. The first-order chi connectivity index (χ1) is 15.0. The predicted molar refractivity (Wildman–Crippen MR) is 121 cm³/mol. The van der Waals surface area contributed by atoms with Crippen molar-refractivity contribution >= 4 is 35.2 Å². The third kappa shape index (κ3) is 5.09. The molecule has 1 heterocycles. The van der Waals surface area contributed by atoms with Crippen LogP contribution in [-0.4, -0.2) is 29.5 Å². The van der Waals surface area contributed by atoms with Gasteiger partial charge in [-0.25, -0.2) is 9.69 Å². The van der Waals surface area contributed by atoms with Gasteiger partial charge in [0.2, 0.25) is 5.91 Å². The van der Waals surface area contributed by atoms with Crippen molar-refractivity contribution in [3.05, 3.63) is 106 Å². The molecule has 1 unspecified atom stereocenters. The van der Waals surface area contributed by atoms with Crippen LogP contribution in [0.4, 0.5) is 4.79 Å². The van der Waals surface area contributed by atoms with E-state index < -0.39 is 6.09 Å². The largest absolute Gasteiger partial charge is 0.447 e. The molecule has 0 saturated carbocycles. The standard InChI is InChI=1S/C25H21Cl2NO3/c26-20-10-6-18(7-11-20)23(19-8-12-21(27)13-9-19)15-24(29)28-22(16-31-25(28)30)14-17-4-2-1-3-5-17/h1-13,22-23H,14-16H2. The van der Waals surface area contributed by atoms with Crippen molar-refractivity contribution in [1.82, 2.24) is 4.90 Å². The molecule has 0 aromatic heterocycles. The van der Waals surface area contributed by atoms with Crippen molar-refractivity contribution in [2.24, 2.45) is 0 Å². The number of benzene rings is 3. The summed E-state index contributed by atoms with van der Waals surface area (Å²) >= 11 is 12.1. The van der Waals surface area contributed by atoms with Crippen molar-refractivity contribution in [3.8, 4) is 0 Å². The third-order valence-electron chi connectivity index (χ3n) is 5.47. The lowest BCUT2D eigenvalue weighted by Gasteiger charge is -2.24. The van der Waals surface area contributed by atoms with Gasteiger partial charge in [0.15, 0.2) is 0 Å². The van der Waals surface area contributed by atoms with Crippen LogP contribution in [0, 0.1) is 0 Å². The first-order valence-electron chi connectivity index (χ1n) is 10.0.